The highest BCUT2D eigenvalue weighted by Crippen LogP contribution is 2.35. The zero-order valence-electron chi connectivity index (χ0n) is 14.0. The van der Waals surface area contributed by atoms with E-state index >= 15 is 0 Å². The number of para-hydroxylation sites is 1. The Balaban J connectivity index is 1.77. The summed E-state index contributed by atoms with van der Waals surface area (Å²) in [6.45, 7) is 0.732. The van der Waals surface area contributed by atoms with Gasteiger partial charge in [0.2, 0.25) is 0 Å². The highest BCUT2D eigenvalue weighted by Gasteiger charge is 2.29. The van der Waals surface area contributed by atoms with Crippen LogP contribution < -0.4 is 5.32 Å². The van der Waals surface area contributed by atoms with Crippen molar-refractivity contribution >= 4 is 34.8 Å². The number of benzene rings is 1. The average Bonchev–Trinajstić information content (AvgIpc) is 3.37. The van der Waals surface area contributed by atoms with Gasteiger partial charge in [0, 0.05) is 29.0 Å². The van der Waals surface area contributed by atoms with Gasteiger partial charge in [0.1, 0.15) is 17.5 Å². The van der Waals surface area contributed by atoms with Gasteiger partial charge in [-0.25, -0.2) is 0 Å². The molecule has 0 radical (unpaired) electrons. The van der Waals surface area contributed by atoms with E-state index < -0.39 is 0 Å². The smallest absolute Gasteiger partial charge is 0.274 e. The molecule has 0 aliphatic carbocycles. The van der Waals surface area contributed by atoms with Gasteiger partial charge in [0.15, 0.2) is 0 Å². The van der Waals surface area contributed by atoms with Gasteiger partial charge in [0.25, 0.3) is 5.91 Å². The molecule has 1 aliphatic rings. The summed E-state index contributed by atoms with van der Waals surface area (Å²) < 4.78 is 1.94. The predicted molar refractivity (Wildman–Crippen MR) is 103 cm³/mol. The minimum absolute atomic E-state index is 0.237. The van der Waals surface area contributed by atoms with Gasteiger partial charge in [-0.3, -0.25) is 9.79 Å². The maximum Gasteiger partial charge on any atom is 0.274 e. The number of carbonyl (C=O) groups excluding carboxylic acids is 1. The molecule has 6 heteroatoms. The van der Waals surface area contributed by atoms with Crippen molar-refractivity contribution in [2.45, 2.75) is 19.4 Å². The van der Waals surface area contributed by atoms with Gasteiger partial charge in [-0.2, -0.15) is 5.26 Å². The second kappa shape index (κ2) is 6.98. The lowest BCUT2D eigenvalue weighted by atomic mass is 10.1. The molecule has 0 bridgehead atoms. The number of hydrogen-bond acceptors (Lipinski definition) is 4. The molecule has 0 atom stereocenters. The molecule has 0 spiro atoms. The molecule has 0 fully saturated rings. The van der Waals surface area contributed by atoms with E-state index in [2.05, 4.69) is 16.4 Å². The number of anilines is 1. The molecular weight excluding hydrogens is 344 g/mol. The van der Waals surface area contributed by atoms with Gasteiger partial charge in [-0.1, -0.05) is 24.3 Å². The number of amides is 1. The Labute approximate surface area is 155 Å². The number of nitrogens with one attached hydrogen (secondary N) is 1. The Morgan fingerprint density at radius 2 is 2.12 bits per heavy atom. The number of carbonyl (C=O) groups is 1. The van der Waals surface area contributed by atoms with Crippen molar-refractivity contribution in [3.8, 4) is 6.07 Å². The fourth-order valence-corrected chi connectivity index (χ4v) is 3.83. The maximum atomic E-state index is 13.0. The molecule has 1 amide bonds. The standard InChI is InChI=1S/C20H16N4OS/c21-12-16-17-9-4-10-24(17)19(18(16)22-13-15-8-5-11-26-15)20(25)23-14-6-2-1-3-7-14/h1-3,5-8,11,13H,4,9-10H2,(H,23,25). The third-order valence-corrected chi connectivity index (χ3v) is 5.17. The quantitative estimate of drug-likeness (QED) is 0.702. The Morgan fingerprint density at radius 3 is 2.85 bits per heavy atom. The van der Waals surface area contributed by atoms with Gasteiger partial charge in [0.05, 0.1) is 5.56 Å². The first-order valence-corrected chi connectivity index (χ1v) is 9.25. The van der Waals surface area contributed by atoms with Gasteiger partial charge < -0.3 is 9.88 Å². The molecule has 0 saturated carbocycles. The van der Waals surface area contributed by atoms with Gasteiger partial charge in [-0.15, -0.1) is 11.3 Å². The third kappa shape index (κ3) is 2.93. The van der Waals surface area contributed by atoms with Crippen molar-refractivity contribution < 1.29 is 4.79 Å². The summed E-state index contributed by atoms with van der Waals surface area (Å²) in [4.78, 5) is 18.5. The number of nitriles is 1. The van der Waals surface area contributed by atoms with Crippen molar-refractivity contribution in [3.63, 3.8) is 0 Å². The van der Waals surface area contributed by atoms with Crippen LogP contribution in [0.25, 0.3) is 0 Å². The fraction of sp³-hybridized carbons (Fsp3) is 0.150. The lowest BCUT2D eigenvalue weighted by molar-refractivity contribution is 0.101. The highest BCUT2D eigenvalue weighted by atomic mass is 32.1. The molecule has 5 nitrogen and oxygen atoms in total. The first kappa shape index (κ1) is 16.3. The maximum absolute atomic E-state index is 13.0. The lowest BCUT2D eigenvalue weighted by Crippen LogP contribution is -2.16. The topological polar surface area (TPSA) is 70.2 Å². The van der Waals surface area contributed by atoms with Crippen LogP contribution in [0.4, 0.5) is 11.4 Å². The van der Waals surface area contributed by atoms with Crippen molar-refractivity contribution in [3.05, 3.63) is 69.7 Å². The average molecular weight is 360 g/mol. The second-order valence-electron chi connectivity index (χ2n) is 5.98. The minimum Gasteiger partial charge on any atom is -0.337 e. The number of hydrogen-bond donors (Lipinski definition) is 1. The van der Waals surface area contributed by atoms with Gasteiger partial charge in [-0.05, 0) is 36.4 Å². The van der Waals surface area contributed by atoms with Crippen LogP contribution in [-0.4, -0.2) is 16.7 Å². The number of thiophene rings is 1. The molecule has 2 aromatic heterocycles. The van der Waals surface area contributed by atoms with Gasteiger partial charge >= 0.3 is 0 Å². The van der Waals surface area contributed by atoms with Crippen molar-refractivity contribution in [1.82, 2.24) is 4.57 Å². The van der Waals surface area contributed by atoms with E-state index in [-0.39, 0.29) is 5.91 Å². The molecule has 0 saturated heterocycles. The van der Waals surface area contributed by atoms with E-state index in [9.17, 15) is 10.1 Å². The van der Waals surface area contributed by atoms with Crippen LogP contribution in [0.5, 0.6) is 0 Å². The molecule has 1 aromatic carbocycles. The van der Waals surface area contributed by atoms with E-state index in [0.717, 1.165) is 35.6 Å². The van der Waals surface area contributed by atoms with Crippen LogP contribution in [0.15, 0.2) is 52.8 Å². The predicted octanol–water partition coefficient (Wildman–Crippen LogP) is 4.37. The molecule has 0 unspecified atom stereocenters. The van der Waals surface area contributed by atoms with Crippen molar-refractivity contribution in [1.29, 1.82) is 5.26 Å². The van der Waals surface area contributed by atoms with Crippen LogP contribution in [0, 0.1) is 11.3 Å². The third-order valence-electron chi connectivity index (χ3n) is 4.36. The highest BCUT2D eigenvalue weighted by molar-refractivity contribution is 7.11. The van der Waals surface area contributed by atoms with Crippen molar-refractivity contribution in [2.24, 2.45) is 4.99 Å². The monoisotopic (exact) mass is 360 g/mol. The van der Waals surface area contributed by atoms with Crippen LogP contribution in [0.2, 0.25) is 0 Å². The number of aliphatic imine (C=N–C) groups is 1. The summed E-state index contributed by atoms with van der Waals surface area (Å²) >= 11 is 1.56. The molecule has 1 aliphatic heterocycles. The molecule has 3 heterocycles. The Kier molecular flexibility index (Phi) is 4.38. The van der Waals surface area contributed by atoms with E-state index in [0.29, 0.717) is 16.9 Å². The number of fused-ring (bicyclic) bond motifs is 1. The normalized spacial score (nSPS) is 12.9. The second-order valence-corrected chi connectivity index (χ2v) is 6.96. The van der Waals surface area contributed by atoms with E-state index in [1.165, 1.54) is 0 Å². The zero-order valence-corrected chi connectivity index (χ0v) is 14.8. The van der Waals surface area contributed by atoms with Crippen LogP contribution >= 0.6 is 11.3 Å². The molecule has 26 heavy (non-hydrogen) atoms. The molecular formula is C20H16N4OS. The number of nitrogens with zero attached hydrogens (tertiary/aromatic N) is 3. The first-order chi connectivity index (χ1) is 12.8. The number of aromatic nitrogens is 1. The lowest BCUT2D eigenvalue weighted by Gasteiger charge is -2.08. The van der Waals surface area contributed by atoms with E-state index in [1.807, 2.05) is 52.4 Å². The SMILES string of the molecule is N#Cc1c(N=Cc2cccs2)c(C(=O)Nc2ccccc2)n2c1CCC2. The Bertz CT molecular complexity index is 1010. The summed E-state index contributed by atoms with van der Waals surface area (Å²) in [5.74, 6) is -0.237. The minimum atomic E-state index is -0.237. The summed E-state index contributed by atoms with van der Waals surface area (Å²) in [6.07, 6.45) is 3.45. The largest absolute Gasteiger partial charge is 0.337 e. The van der Waals surface area contributed by atoms with Crippen LogP contribution in [-0.2, 0) is 13.0 Å². The number of rotatable bonds is 4. The molecule has 3 aromatic rings. The van der Waals surface area contributed by atoms with E-state index in [4.69, 9.17) is 0 Å². The van der Waals surface area contributed by atoms with Crippen LogP contribution in [0.1, 0.15) is 33.0 Å². The fourth-order valence-electron chi connectivity index (χ4n) is 3.24. The van der Waals surface area contributed by atoms with Crippen molar-refractivity contribution in [2.75, 3.05) is 5.32 Å². The first-order valence-electron chi connectivity index (χ1n) is 8.37. The summed E-state index contributed by atoms with van der Waals surface area (Å²) in [6, 6.07) is 15.5. The summed E-state index contributed by atoms with van der Waals surface area (Å²) in [5.41, 5.74) is 3.06. The van der Waals surface area contributed by atoms with E-state index in [1.54, 1.807) is 17.6 Å². The Hall–Kier alpha value is -3.17. The zero-order chi connectivity index (χ0) is 17.9. The molecule has 128 valence electrons. The van der Waals surface area contributed by atoms with Crippen LogP contribution in [0.3, 0.4) is 0 Å². The molecule has 1 N–H and O–H groups in total. The molecule has 4 rings (SSSR count). The Morgan fingerprint density at radius 1 is 1.27 bits per heavy atom. The summed E-state index contributed by atoms with van der Waals surface area (Å²) in [7, 11) is 0. The summed E-state index contributed by atoms with van der Waals surface area (Å²) in [5, 5.41) is 14.5.